The molecule has 0 aromatic rings. The van der Waals surface area contributed by atoms with Crippen LogP contribution in [0.5, 0.6) is 0 Å². The highest BCUT2D eigenvalue weighted by Gasteiger charge is 2.51. The maximum Gasteiger partial charge on any atom is 0.383 e. The molecule has 1 aliphatic heterocycles. The number of hydrogen-bond acceptors (Lipinski definition) is 2. The van der Waals surface area contributed by atoms with E-state index in [0.29, 0.717) is 6.54 Å². The summed E-state index contributed by atoms with van der Waals surface area (Å²) >= 11 is 0. The molecule has 0 aliphatic carbocycles. The summed E-state index contributed by atoms with van der Waals surface area (Å²) in [6, 6.07) is -0.529. The molecule has 1 N–H and O–H groups in total. The van der Waals surface area contributed by atoms with Gasteiger partial charge in [0.25, 0.3) is 5.91 Å². The van der Waals surface area contributed by atoms with Gasteiger partial charge in [-0.25, -0.2) is 8.78 Å². The first-order valence-electron chi connectivity index (χ1n) is 6.44. The SMILES string of the molecule is CC(C)N(CC1CCCNC1)C(=O)C(F)(F)C(F)F. The number of hydrogen-bond donors (Lipinski definition) is 1. The molecule has 3 nitrogen and oxygen atoms in total. The predicted octanol–water partition coefficient (Wildman–Crippen LogP) is 2.12. The lowest BCUT2D eigenvalue weighted by atomic mass is 9.98. The fourth-order valence-corrected chi connectivity index (χ4v) is 2.17. The Bertz CT molecular complexity index is 304. The van der Waals surface area contributed by atoms with Crippen molar-refractivity contribution in [2.24, 2.45) is 5.92 Å². The molecule has 0 spiro atoms. The molecule has 0 saturated carbocycles. The first-order chi connectivity index (χ1) is 8.76. The van der Waals surface area contributed by atoms with Crippen LogP contribution in [0.2, 0.25) is 0 Å². The molecule has 0 aromatic heterocycles. The Labute approximate surface area is 110 Å². The Balaban J connectivity index is 2.73. The van der Waals surface area contributed by atoms with E-state index >= 15 is 0 Å². The van der Waals surface area contributed by atoms with Gasteiger partial charge in [-0.2, -0.15) is 8.78 Å². The van der Waals surface area contributed by atoms with Crippen molar-refractivity contribution in [1.82, 2.24) is 10.2 Å². The van der Waals surface area contributed by atoms with E-state index in [9.17, 15) is 22.4 Å². The Kier molecular flexibility index (Phi) is 5.58. The van der Waals surface area contributed by atoms with Gasteiger partial charge in [-0.05, 0) is 45.7 Å². The van der Waals surface area contributed by atoms with Crippen LogP contribution in [0.1, 0.15) is 26.7 Å². The Hall–Kier alpha value is -0.850. The second-order valence-corrected chi connectivity index (χ2v) is 5.19. The summed E-state index contributed by atoms with van der Waals surface area (Å²) in [7, 11) is 0. The van der Waals surface area contributed by atoms with E-state index in [1.807, 2.05) is 0 Å². The summed E-state index contributed by atoms with van der Waals surface area (Å²) in [6.45, 7) is 4.67. The third-order valence-electron chi connectivity index (χ3n) is 3.30. The van der Waals surface area contributed by atoms with E-state index in [1.165, 1.54) is 0 Å². The maximum atomic E-state index is 13.1. The standard InChI is InChI=1S/C12H20F4N2O/c1-8(2)18(7-9-4-3-5-17-6-9)11(19)12(15,16)10(13)14/h8-10,17H,3-7H2,1-2H3. The second kappa shape index (κ2) is 6.54. The van der Waals surface area contributed by atoms with Gasteiger partial charge in [0.2, 0.25) is 0 Å². The zero-order chi connectivity index (χ0) is 14.6. The van der Waals surface area contributed by atoms with E-state index in [2.05, 4.69) is 5.32 Å². The Morgan fingerprint density at radius 2 is 2.05 bits per heavy atom. The smallest absolute Gasteiger partial charge is 0.335 e. The zero-order valence-electron chi connectivity index (χ0n) is 11.1. The van der Waals surface area contributed by atoms with Crippen molar-refractivity contribution in [2.45, 2.75) is 45.1 Å². The molecule has 1 unspecified atom stereocenters. The summed E-state index contributed by atoms with van der Waals surface area (Å²) in [6.07, 6.45) is -2.26. The first kappa shape index (κ1) is 16.2. The number of piperidine rings is 1. The maximum absolute atomic E-state index is 13.1. The molecule has 1 fully saturated rings. The van der Waals surface area contributed by atoms with Crippen LogP contribution in [0, 0.1) is 5.92 Å². The molecule has 7 heteroatoms. The molecule has 1 heterocycles. The lowest BCUT2D eigenvalue weighted by molar-refractivity contribution is -0.183. The number of carbonyl (C=O) groups is 1. The fourth-order valence-electron chi connectivity index (χ4n) is 2.17. The molecule has 1 atom stereocenters. The van der Waals surface area contributed by atoms with Crippen LogP contribution in [0.15, 0.2) is 0 Å². The van der Waals surface area contributed by atoms with Crippen LogP contribution in [0.3, 0.4) is 0 Å². The summed E-state index contributed by atoms with van der Waals surface area (Å²) in [4.78, 5) is 12.5. The number of halogens is 4. The minimum atomic E-state index is -4.60. The van der Waals surface area contributed by atoms with E-state index in [4.69, 9.17) is 0 Å². The minimum Gasteiger partial charge on any atom is -0.335 e. The van der Waals surface area contributed by atoms with E-state index in [1.54, 1.807) is 13.8 Å². The first-order valence-corrected chi connectivity index (χ1v) is 6.44. The van der Waals surface area contributed by atoms with Crippen molar-refractivity contribution in [3.8, 4) is 0 Å². The van der Waals surface area contributed by atoms with Gasteiger partial charge in [0.05, 0.1) is 0 Å². The molecule has 112 valence electrons. The third kappa shape index (κ3) is 4.06. The molecular weight excluding hydrogens is 264 g/mol. The number of carbonyl (C=O) groups excluding carboxylic acids is 1. The van der Waals surface area contributed by atoms with Gasteiger partial charge in [-0.3, -0.25) is 4.79 Å². The van der Waals surface area contributed by atoms with Crippen LogP contribution in [-0.4, -0.2) is 48.8 Å². The monoisotopic (exact) mass is 284 g/mol. The average Bonchev–Trinajstić information content (AvgIpc) is 2.35. The van der Waals surface area contributed by atoms with Crippen molar-refractivity contribution >= 4 is 5.91 Å². The number of amides is 1. The van der Waals surface area contributed by atoms with E-state index in [-0.39, 0.29) is 12.5 Å². The van der Waals surface area contributed by atoms with Gasteiger partial charge in [0.1, 0.15) is 0 Å². The van der Waals surface area contributed by atoms with Crippen LogP contribution in [-0.2, 0) is 4.79 Å². The highest BCUT2D eigenvalue weighted by atomic mass is 19.3. The zero-order valence-corrected chi connectivity index (χ0v) is 11.1. The number of alkyl halides is 4. The quantitative estimate of drug-likeness (QED) is 0.784. The molecule has 1 saturated heterocycles. The molecule has 0 bridgehead atoms. The summed E-state index contributed by atoms with van der Waals surface area (Å²) in [5.41, 5.74) is 0. The highest BCUT2D eigenvalue weighted by Crippen LogP contribution is 2.27. The van der Waals surface area contributed by atoms with E-state index < -0.39 is 24.3 Å². The summed E-state index contributed by atoms with van der Waals surface area (Å²) < 4.78 is 50.8. The van der Waals surface area contributed by atoms with Crippen LogP contribution in [0.4, 0.5) is 17.6 Å². The average molecular weight is 284 g/mol. The van der Waals surface area contributed by atoms with Crippen molar-refractivity contribution in [3.63, 3.8) is 0 Å². The van der Waals surface area contributed by atoms with Gasteiger partial charge in [0, 0.05) is 12.6 Å². The van der Waals surface area contributed by atoms with Crippen LogP contribution in [0.25, 0.3) is 0 Å². The lowest BCUT2D eigenvalue weighted by Gasteiger charge is -2.34. The van der Waals surface area contributed by atoms with Gasteiger partial charge < -0.3 is 10.2 Å². The van der Waals surface area contributed by atoms with Crippen molar-refractivity contribution in [3.05, 3.63) is 0 Å². The normalized spacial score (nSPS) is 20.9. The topological polar surface area (TPSA) is 32.3 Å². The highest BCUT2D eigenvalue weighted by molar-refractivity contribution is 5.84. The molecule has 0 radical (unpaired) electrons. The fraction of sp³-hybridized carbons (Fsp3) is 0.917. The van der Waals surface area contributed by atoms with Gasteiger partial charge in [-0.15, -0.1) is 0 Å². The minimum absolute atomic E-state index is 0.0357. The Morgan fingerprint density at radius 1 is 1.42 bits per heavy atom. The van der Waals surface area contributed by atoms with Crippen LogP contribution < -0.4 is 5.32 Å². The molecule has 19 heavy (non-hydrogen) atoms. The number of nitrogens with one attached hydrogen (secondary N) is 1. The van der Waals surface area contributed by atoms with Crippen molar-refractivity contribution in [1.29, 1.82) is 0 Å². The summed E-state index contributed by atoms with van der Waals surface area (Å²) in [5.74, 6) is -6.34. The molecule has 1 amide bonds. The number of rotatable bonds is 5. The molecular formula is C12H20F4N2O. The van der Waals surface area contributed by atoms with Crippen LogP contribution >= 0.6 is 0 Å². The van der Waals surface area contributed by atoms with Gasteiger partial charge in [-0.1, -0.05) is 0 Å². The lowest BCUT2D eigenvalue weighted by Crippen LogP contribution is -2.52. The van der Waals surface area contributed by atoms with Crippen molar-refractivity contribution in [2.75, 3.05) is 19.6 Å². The second-order valence-electron chi connectivity index (χ2n) is 5.19. The Morgan fingerprint density at radius 3 is 2.47 bits per heavy atom. The third-order valence-corrected chi connectivity index (χ3v) is 3.30. The van der Waals surface area contributed by atoms with Gasteiger partial charge in [0.15, 0.2) is 0 Å². The summed E-state index contributed by atoms with van der Waals surface area (Å²) in [5, 5.41) is 3.11. The molecule has 1 rings (SSSR count). The molecule has 0 aromatic carbocycles. The number of nitrogens with zero attached hydrogens (tertiary/aromatic N) is 1. The van der Waals surface area contributed by atoms with E-state index in [0.717, 1.165) is 24.3 Å². The molecule has 1 aliphatic rings. The van der Waals surface area contributed by atoms with Crippen molar-refractivity contribution < 1.29 is 22.4 Å². The largest absolute Gasteiger partial charge is 0.383 e. The van der Waals surface area contributed by atoms with Gasteiger partial charge >= 0.3 is 12.3 Å². The predicted molar refractivity (Wildman–Crippen MR) is 63.4 cm³/mol.